The standard InChI is InChI=1S/C11H19N3O2/c1-9(10-7-13-14(2)8-10)12-6-4-5-11(15)16-3/h7-9,12H,4-6H2,1-3H3. The summed E-state index contributed by atoms with van der Waals surface area (Å²) in [5, 5.41) is 7.44. The highest BCUT2D eigenvalue weighted by Crippen LogP contribution is 2.09. The molecule has 5 heteroatoms. The van der Waals surface area contributed by atoms with E-state index in [1.165, 1.54) is 7.11 Å². The molecule has 0 saturated heterocycles. The Balaban J connectivity index is 2.20. The van der Waals surface area contributed by atoms with Crippen LogP contribution >= 0.6 is 0 Å². The number of methoxy groups -OCH3 is 1. The molecule has 1 aromatic heterocycles. The highest BCUT2D eigenvalue weighted by Gasteiger charge is 2.06. The van der Waals surface area contributed by atoms with E-state index in [-0.39, 0.29) is 12.0 Å². The molecular formula is C11H19N3O2. The van der Waals surface area contributed by atoms with Crippen LogP contribution in [-0.4, -0.2) is 29.4 Å². The van der Waals surface area contributed by atoms with Crippen LogP contribution < -0.4 is 5.32 Å². The number of aryl methyl sites for hydroxylation is 1. The number of nitrogens with one attached hydrogen (secondary N) is 1. The molecule has 1 atom stereocenters. The Hall–Kier alpha value is -1.36. The number of aromatic nitrogens is 2. The second kappa shape index (κ2) is 6.27. The van der Waals surface area contributed by atoms with E-state index < -0.39 is 0 Å². The molecule has 0 bridgehead atoms. The minimum absolute atomic E-state index is 0.157. The van der Waals surface area contributed by atoms with E-state index in [0.29, 0.717) is 6.42 Å². The lowest BCUT2D eigenvalue weighted by atomic mass is 10.2. The topological polar surface area (TPSA) is 56.1 Å². The minimum Gasteiger partial charge on any atom is -0.469 e. The number of hydrogen-bond acceptors (Lipinski definition) is 4. The fraction of sp³-hybridized carbons (Fsp3) is 0.636. The van der Waals surface area contributed by atoms with Crippen LogP contribution in [0.4, 0.5) is 0 Å². The molecule has 90 valence electrons. The average Bonchev–Trinajstić information content (AvgIpc) is 2.70. The van der Waals surface area contributed by atoms with Gasteiger partial charge in [-0.3, -0.25) is 9.48 Å². The Morgan fingerprint density at radius 3 is 3.00 bits per heavy atom. The normalized spacial score (nSPS) is 12.4. The van der Waals surface area contributed by atoms with E-state index >= 15 is 0 Å². The first kappa shape index (κ1) is 12.7. The molecular weight excluding hydrogens is 206 g/mol. The quantitative estimate of drug-likeness (QED) is 0.580. The molecule has 1 rings (SSSR count). The van der Waals surface area contributed by atoms with Gasteiger partial charge in [0.05, 0.1) is 13.3 Å². The van der Waals surface area contributed by atoms with E-state index in [0.717, 1.165) is 18.5 Å². The highest BCUT2D eigenvalue weighted by molar-refractivity contribution is 5.69. The zero-order valence-electron chi connectivity index (χ0n) is 10.1. The first-order valence-electron chi connectivity index (χ1n) is 5.42. The molecule has 0 spiro atoms. The van der Waals surface area contributed by atoms with Crippen LogP contribution in [0.2, 0.25) is 0 Å². The van der Waals surface area contributed by atoms with Gasteiger partial charge in [0.15, 0.2) is 0 Å². The Kier molecular flexibility index (Phi) is 4.98. The van der Waals surface area contributed by atoms with Gasteiger partial charge in [0, 0.05) is 31.3 Å². The molecule has 0 saturated carbocycles. The third-order valence-corrected chi connectivity index (χ3v) is 2.46. The van der Waals surface area contributed by atoms with Gasteiger partial charge in [0.1, 0.15) is 0 Å². The maximum atomic E-state index is 10.9. The van der Waals surface area contributed by atoms with Crippen LogP contribution in [0.3, 0.4) is 0 Å². The van der Waals surface area contributed by atoms with Crippen molar-refractivity contribution in [2.75, 3.05) is 13.7 Å². The largest absolute Gasteiger partial charge is 0.469 e. The molecule has 0 radical (unpaired) electrons. The minimum atomic E-state index is -0.157. The van der Waals surface area contributed by atoms with Crippen molar-refractivity contribution in [3.05, 3.63) is 18.0 Å². The summed E-state index contributed by atoms with van der Waals surface area (Å²) in [5.74, 6) is -0.157. The van der Waals surface area contributed by atoms with Crippen molar-refractivity contribution in [2.24, 2.45) is 7.05 Å². The molecule has 1 unspecified atom stereocenters. The summed E-state index contributed by atoms with van der Waals surface area (Å²) in [6.07, 6.45) is 5.08. The smallest absolute Gasteiger partial charge is 0.305 e. The number of rotatable bonds is 6. The molecule has 0 aliphatic heterocycles. The zero-order valence-corrected chi connectivity index (χ0v) is 10.1. The Morgan fingerprint density at radius 1 is 1.69 bits per heavy atom. The van der Waals surface area contributed by atoms with Gasteiger partial charge in [0.2, 0.25) is 0 Å². The summed E-state index contributed by atoms with van der Waals surface area (Å²) in [6.45, 7) is 2.88. The number of hydrogen-bond donors (Lipinski definition) is 1. The summed E-state index contributed by atoms with van der Waals surface area (Å²) in [6, 6.07) is 0.256. The number of carbonyl (C=O) groups is 1. The van der Waals surface area contributed by atoms with E-state index in [1.807, 2.05) is 19.4 Å². The molecule has 0 aliphatic rings. The number of esters is 1. The Labute approximate surface area is 95.8 Å². The van der Waals surface area contributed by atoms with Crippen molar-refractivity contribution in [1.82, 2.24) is 15.1 Å². The maximum absolute atomic E-state index is 10.9. The highest BCUT2D eigenvalue weighted by atomic mass is 16.5. The van der Waals surface area contributed by atoms with Gasteiger partial charge in [0.25, 0.3) is 0 Å². The van der Waals surface area contributed by atoms with Gasteiger partial charge in [-0.2, -0.15) is 5.10 Å². The van der Waals surface area contributed by atoms with Crippen molar-refractivity contribution in [1.29, 1.82) is 0 Å². The fourth-order valence-electron chi connectivity index (χ4n) is 1.43. The van der Waals surface area contributed by atoms with Crippen LogP contribution in [0.1, 0.15) is 31.4 Å². The SMILES string of the molecule is COC(=O)CCCNC(C)c1cnn(C)c1. The van der Waals surface area contributed by atoms with Crippen LogP contribution in [-0.2, 0) is 16.6 Å². The summed E-state index contributed by atoms with van der Waals surface area (Å²) in [5.41, 5.74) is 1.15. The Morgan fingerprint density at radius 2 is 2.44 bits per heavy atom. The molecule has 16 heavy (non-hydrogen) atoms. The number of carbonyl (C=O) groups excluding carboxylic acids is 1. The first-order chi connectivity index (χ1) is 7.63. The van der Waals surface area contributed by atoms with Crippen LogP contribution in [0.5, 0.6) is 0 Å². The van der Waals surface area contributed by atoms with E-state index in [1.54, 1.807) is 4.68 Å². The molecule has 5 nitrogen and oxygen atoms in total. The molecule has 1 heterocycles. The van der Waals surface area contributed by atoms with Crippen LogP contribution in [0, 0.1) is 0 Å². The maximum Gasteiger partial charge on any atom is 0.305 e. The van der Waals surface area contributed by atoms with E-state index in [9.17, 15) is 4.79 Å². The second-order valence-corrected chi connectivity index (χ2v) is 3.80. The zero-order chi connectivity index (χ0) is 12.0. The molecule has 0 aromatic carbocycles. The van der Waals surface area contributed by atoms with Gasteiger partial charge in [-0.05, 0) is 19.9 Å². The average molecular weight is 225 g/mol. The summed E-state index contributed by atoms with van der Waals surface area (Å²) < 4.78 is 6.34. The summed E-state index contributed by atoms with van der Waals surface area (Å²) >= 11 is 0. The van der Waals surface area contributed by atoms with Gasteiger partial charge >= 0.3 is 5.97 Å². The summed E-state index contributed by atoms with van der Waals surface area (Å²) in [7, 11) is 3.31. The molecule has 1 N–H and O–H groups in total. The van der Waals surface area contributed by atoms with Crippen LogP contribution in [0.25, 0.3) is 0 Å². The fourth-order valence-corrected chi connectivity index (χ4v) is 1.43. The van der Waals surface area contributed by atoms with Gasteiger partial charge in [-0.25, -0.2) is 0 Å². The van der Waals surface area contributed by atoms with Crippen molar-refractivity contribution in [2.45, 2.75) is 25.8 Å². The number of nitrogens with zero attached hydrogens (tertiary/aromatic N) is 2. The second-order valence-electron chi connectivity index (χ2n) is 3.80. The van der Waals surface area contributed by atoms with Gasteiger partial charge in [-0.15, -0.1) is 0 Å². The predicted molar refractivity (Wildman–Crippen MR) is 60.9 cm³/mol. The van der Waals surface area contributed by atoms with Crippen LogP contribution in [0.15, 0.2) is 12.4 Å². The van der Waals surface area contributed by atoms with Crippen molar-refractivity contribution >= 4 is 5.97 Å². The lowest BCUT2D eigenvalue weighted by Crippen LogP contribution is -2.20. The third kappa shape index (κ3) is 4.02. The van der Waals surface area contributed by atoms with Gasteiger partial charge < -0.3 is 10.1 Å². The molecule has 0 aliphatic carbocycles. The monoisotopic (exact) mass is 225 g/mol. The molecule has 0 fully saturated rings. The first-order valence-corrected chi connectivity index (χ1v) is 5.42. The molecule has 1 aromatic rings. The number of ether oxygens (including phenoxy) is 1. The molecule has 0 amide bonds. The van der Waals surface area contributed by atoms with Crippen molar-refractivity contribution in [3.8, 4) is 0 Å². The van der Waals surface area contributed by atoms with E-state index in [2.05, 4.69) is 22.1 Å². The lowest BCUT2D eigenvalue weighted by Gasteiger charge is -2.11. The third-order valence-electron chi connectivity index (χ3n) is 2.46. The van der Waals surface area contributed by atoms with Crippen molar-refractivity contribution in [3.63, 3.8) is 0 Å². The van der Waals surface area contributed by atoms with E-state index in [4.69, 9.17) is 0 Å². The van der Waals surface area contributed by atoms with Gasteiger partial charge in [-0.1, -0.05) is 0 Å². The van der Waals surface area contributed by atoms with Crippen molar-refractivity contribution < 1.29 is 9.53 Å². The summed E-state index contributed by atoms with van der Waals surface area (Å²) in [4.78, 5) is 10.9. The lowest BCUT2D eigenvalue weighted by molar-refractivity contribution is -0.140. The Bertz CT molecular complexity index is 336. The predicted octanol–water partition coefficient (Wildman–Crippen LogP) is 1.02.